The van der Waals surface area contributed by atoms with Gasteiger partial charge in [0.2, 0.25) is 0 Å². The first-order chi connectivity index (χ1) is 9.65. The second kappa shape index (κ2) is 7.36. The van der Waals surface area contributed by atoms with E-state index in [1.807, 2.05) is 47.4 Å². The third kappa shape index (κ3) is 4.58. The summed E-state index contributed by atoms with van der Waals surface area (Å²) < 4.78 is 12.9. The molecule has 0 aliphatic heterocycles. The van der Waals surface area contributed by atoms with E-state index in [-0.39, 0.29) is 0 Å². The number of hydrogen-bond acceptors (Lipinski definition) is 3. The van der Waals surface area contributed by atoms with E-state index < -0.39 is 10.8 Å². The molecule has 2 unspecified atom stereocenters. The van der Waals surface area contributed by atoms with Gasteiger partial charge in [0.15, 0.2) is 0 Å². The second-order valence-corrected chi connectivity index (χ2v) is 6.53. The molecule has 0 aliphatic carbocycles. The molecular weight excluding hydrogens is 270 g/mol. The van der Waals surface area contributed by atoms with Crippen molar-refractivity contribution in [2.24, 2.45) is 0 Å². The summed E-state index contributed by atoms with van der Waals surface area (Å²) in [5.41, 5.74) is 2.21. The van der Waals surface area contributed by atoms with E-state index in [0.29, 0.717) is 6.04 Å². The van der Waals surface area contributed by atoms with Gasteiger partial charge in [-0.2, -0.15) is 5.10 Å². The Hall–Kier alpha value is -1.46. The molecule has 0 aliphatic rings. The Morgan fingerprint density at radius 3 is 2.80 bits per heavy atom. The maximum Gasteiger partial charge on any atom is 0.0645 e. The molecule has 2 atom stereocenters. The first-order valence-electron chi connectivity index (χ1n) is 6.77. The van der Waals surface area contributed by atoms with Crippen LogP contribution in [0.5, 0.6) is 0 Å². The Bertz CT molecular complexity index is 553. The smallest absolute Gasteiger partial charge is 0.0645 e. The summed E-state index contributed by atoms with van der Waals surface area (Å²) >= 11 is 0. The minimum absolute atomic E-state index is 0.360. The van der Waals surface area contributed by atoms with Gasteiger partial charge in [-0.25, -0.2) is 4.68 Å². The van der Waals surface area contributed by atoms with E-state index in [9.17, 15) is 4.21 Å². The minimum Gasteiger partial charge on any atom is -0.310 e. The molecule has 0 radical (unpaired) electrons. The number of nitrogens with one attached hydrogen (secondary N) is 1. The molecule has 1 aromatic heterocycles. The molecule has 2 aromatic rings. The van der Waals surface area contributed by atoms with E-state index in [2.05, 4.69) is 17.3 Å². The lowest BCUT2D eigenvalue weighted by atomic mass is 10.2. The van der Waals surface area contributed by atoms with E-state index >= 15 is 0 Å². The minimum atomic E-state index is -0.711. The average molecular weight is 291 g/mol. The average Bonchev–Trinajstić information content (AvgIpc) is 2.93. The zero-order valence-electron chi connectivity index (χ0n) is 12.0. The fraction of sp³-hybridized carbons (Fsp3) is 0.400. The summed E-state index contributed by atoms with van der Waals surface area (Å²) in [6, 6.07) is 10.4. The SMILES string of the molecule is CC(CCS(C)=O)NCc1cnn(-c2ccccc2)c1. The number of rotatable bonds is 7. The van der Waals surface area contributed by atoms with Gasteiger partial charge in [0.1, 0.15) is 0 Å². The van der Waals surface area contributed by atoms with Crippen LogP contribution in [0.1, 0.15) is 18.9 Å². The molecule has 2 rings (SSSR count). The van der Waals surface area contributed by atoms with Gasteiger partial charge in [0.05, 0.1) is 11.9 Å². The monoisotopic (exact) mass is 291 g/mol. The fourth-order valence-electron chi connectivity index (χ4n) is 1.91. The zero-order valence-corrected chi connectivity index (χ0v) is 12.8. The first kappa shape index (κ1) is 14.9. The van der Waals surface area contributed by atoms with Crippen LogP contribution in [0.25, 0.3) is 5.69 Å². The van der Waals surface area contributed by atoms with E-state index in [0.717, 1.165) is 30.0 Å². The maximum atomic E-state index is 11.1. The summed E-state index contributed by atoms with van der Waals surface area (Å²) in [7, 11) is -0.711. The van der Waals surface area contributed by atoms with Crippen molar-refractivity contribution in [2.45, 2.75) is 25.9 Å². The molecule has 20 heavy (non-hydrogen) atoms. The summed E-state index contributed by atoms with van der Waals surface area (Å²) in [6.07, 6.45) is 6.59. The van der Waals surface area contributed by atoms with E-state index in [4.69, 9.17) is 0 Å². The van der Waals surface area contributed by atoms with Crippen molar-refractivity contribution < 1.29 is 4.21 Å². The zero-order chi connectivity index (χ0) is 14.4. The summed E-state index contributed by atoms with van der Waals surface area (Å²) in [6.45, 7) is 2.90. The largest absolute Gasteiger partial charge is 0.310 e. The van der Waals surface area contributed by atoms with Crippen LogP contribution < -0.4 is 5.32 Å². The Balaban J connectivity index is 1.86. The van der Waals surface area contributed by atoms with Crippen LogP contribution in [0.15, 0.2) is 42.7 Å². The topological polar surface area (TPSA) is 46.9 Å². The second-order valence-electron chi connectivity index (χ2n) is 4.98. The molecule has 1 aromatic carbocycles. The molecule has 1 N–H and O–H groups in total. The van der Waals surface area contributed by atoms with Crippen LogP contribution in [0, 0.1) is 0 Å². The highest BCUT2D eigenvalue weighted by molar-refractivity contribution is 7.84. The molecule has 0 saturated heterocycles. The normalized spacial score (nSPS) is 14.1. The lowest BCUT2D eigenvalue weighted by Crippen LogP contribution is -2.26. The van der Waals surface area contributed by atoms with Crippen molar-refractivity contribution in [2.75, 3.05) is 12.0 Å². The van der Waals surface area contributed by atoms with E-state index in [1.54, 1.807) is 6.26 Å². The molecule has 0 amide bonds. The van der Waals surface area contributed by atoms with Gasteiger partial charge in [-0.15, -0.1) is 0 Å². The molecular formula is C15H21N3OS. The number of para-hydroxylation sites is 1. The van der Waals surface area contributed by atoms with Gasteiger partial charge < -0.3 is 5.32 Å². The number of hydrogen-bond donors (Lipinski definition) is 1. The van der Waals surface area contributed by atoms with Crippen LogP contribution in [-0.2, 0) is 17.3 Å². The molecule has 4 nitrogen and oxygen atoms in total. The van der Waals surface area contributed by atoms with Gasteiger partial charge in [-0.1, -0.05) is 18.2 Å². The summed E-state index contributed by atoms with van der Waals surface area (Å²) in [5, 5.41) is 7.80. The Morgan fingerprint density at radius 2 is 2.10 bits per heavy atom. The third-order valence-corrected chi connectivity index (χ3v) is 3.96. The molecule has 0 saturated carbocycles. The number of benzene rings is 1. The number of nitrogens with zero attached hydrogens (tertiary/aromatic N) is 2. The van der Waals surface area contributed by atoms with Crippen LogP contribution in [0.3, 0.4) is 0 Å². The van der Waals surface area contributed by atoms with Crippen molar-refractivity contribution in [1.82, 2.24) is 15.1 Å². The molecule has 1 heterocycles. The van der Waals surface area contributed by atoms with Crippen molar-refractivity contribution in [3.63, 3.8) is 0 Å². The predicted molar refractivity (Wildman–Crippen MR) is 83.4 cm³/mol. The van der Waals surface area contributed by atoms with Crippen LogP contribution in [-0.4, -0.2) is 32.0 Å². The van der Waals surface area contributed by atoms with Crippen molar-refractivity contribution in [3.05, 3.63) is 48.3 Å². The summed E-state index contributed by atoms with van der Waals surface area (Å²) in [4.78, 5) is 0. The first-order valence-corrected chi connectivity index (χ1v) is 8.50. The van der Waals surface area contributed by atoms with Gasteiger partial charge in [0, 0.05) is 47.2 Å². The van der Waals surface area contributed by atoms with Gasteiger partial charge in [0.25, 0.3) is 0 Å². The van der Waals surface area contributed by atoms with E-state index in [1.165, 1.54) is 0 Å². The van der Waals surface area contributed by atoms with Crippen LogP contribution in [0.4, 0.5) is 0 Å². The van der Waals surface area contributed by atoms with Gasteiger partial charge >= 0.3 is 0 Å². The fourth-order valence-corrected chi connectivity index (χ4v) is 2.60. The predicted octanol–water partition coefficient (Wildman–Crippen LogP) is 2.12. The lowest BCUT2D eigenvalue weighted by Gasteiger charge is -2.11. The highest BCUT2D eigenvalue weighted by atomic mass is 32.2. The van der Waals surface area contributed by atoms with Crippen LogP contribution >= 0.6 is 0 Å². The maximum absolute atomic E-state index is 11.1. The Morgan fingerprint density at radius 1 is 1.35 bits per heavy atom. The molecule has 0 fully saturated rings. The quantitative estimate of drug-likeness (QED) is 0.850. The Kier molecular flexibility index (Phi) is 5.49. The van der Waals surface area contributed by atoms with Crippen molar-refractivity contribution in [1.29, 1.82) is 0 Å². The molecule has 0 bridgehead atoms. The third-order valence-electron chi connectivity index (χ3n) is 3.15. The Labute approximate surface area is 122 Å². The van der Waals surface area contributed by atoms with Crippen LogP contribution in [0.2, 0.25) is 0 Å². The number of aromatic nitrogens is 2. The van der Waals surface area contributed by atoms with Crippen molar-refractivity contribution >= 4 is 10.8 Å². The highest BCUT2D eigenvalue weighted by Gasteiger charge is 2.05. The van der Waals surface area contributed by atoms with Gasteiger partial charge in [-0.05, 0) is 25.5 Å². The highest BCUT2D eigenvalue weighted by Crippen LogP contribution is 2.07. The van der Waals surface area contributed by atoms with Crippen molar-refractivity contribution in [3.8, 4) is 5.69 Å². The summed E-state index contributed by atoms with van der Waals surface area (Å²) in [5.74, 6) is 0.747. The lowest BCUT2D eigenvalue weighted by molar-refractivity contribution is 0.535. The van der Waals surface area contributed by atoms with Gasteiger partial charge in [-0.3, -0.25) is 4.21 Å². The molecule has 108 valence electrons. The molecule has 0 spiro atoms. The standard InChI is InChI=1S/C15H21N3OS/c1-13(8-9-20(2)19)16-10-14-11-17-18(12-14)15-6-4-3-5-7-15/h3-7,11-13,16H,8-10H2,1-2H3. The molecule has 5 heteroatoms.